The topological polar surface area (TPSA) is 86.5 Å². The Balaban J connectivity index is 2.06. The smallest absolute Gasteiger partial charge is 0.345 e. The Kier molecular flexibility index (Phi) is 6.46. The van der Waals surface area contributed by atoms with Gasteiger partial charge < -0.3 is 4.74 Å². The standard InChI is InChI=1S/C19H18ClNO5/c1-3-12(2)13-4-6-14(7-5-13)18(22)11-26-19(23)16-10-15(20)8-9-17(16)21(24)25/h4-10,12H,3,11H2,1-2H3/t12-/m0/s1. The zero-order valence-corrected chi connectivity index (χ0v) is 15.2. The average Bonchev–Trinajstić information content (AvgIpc) is 2.64. The molecule has 2 aromatic carbocycles. The summed E-state index contributed by atoms with van der Waals surface area (Å²) in [5, 5.41) is 11.2. The van der Waals surface area contributed by atoms with Crippen LogP contribution in [0.25, 0.3) is 0 Å². The van der Waals surface area contributed by atoms with Crippen LogP contribution >= 0.6 is 11.6 Å². The van der Waals surface area contributed by atoms with Crippen molar-refractivity contribution in [2.75, 3.05) is 6.61 Å². The summed E-state index contributed by atoms with van der Waals surface area (Å²) >= 11 is 5.78. The summed E-state index contributed by atoms with van der Waals surface area (Å²) in [5.74, 6) is -0.970. The van der Waals surface area contributed by atoms with E-state index in [0.29, 0.717) is 11.5 Å². The van der Waals surface area contributed by atoms with E-state index in [0.717, 1.165) is 24.1 Å². The number of carbonyl (C=O) groups excluding carboxylic acids is 2. The second-order valence-corrected chi connectivity index (χ2v) is 6.29. The molecule has 0 unspecified atom stereocenters. The van der Waals surface area contributed by atoms with Crippen LogP contribution in [-0.2, 0) is 4.74 Å². The normalized spacial score (nSPS) is 11.7. The van der Waals surface area contributed by atoms with Gasteiger partial charge in [0.05, 0.1) is 4.92 Å². The van der Waals surface area contributed by atoms with Gasteiger partial charge in [0.25, 0.3) is 5.69 Å². The van der Waals surface area contributed by atoms with Crippen molar-refractivity contribution in [3.05, 3.63) is 74.3 Å². The first-order valence-electron chi connectivity index (χ1n) is 8.07. The zero-order chi connectivity index (χ0) is 19.3. The van der Waals surface area contributed by atoms with Crippen LogP contribution in [0.4, 0.5) is 5.69 Å². The van der Waals surface area contributed by atoms with E-state index in [4.69, 9.17) is 16.3 Å². The van der Waals surface area contributed by atoms with Crippen molar-refractivity contribution >= 4 is 29.0 Å². The van der Waals surface area contributed by atoms with Gasteiger partial charge in [-0.3, -0.25) is 14.9 Å². The molecule has 2 aromatic rings. The second-order valence-electron chi connectivity index (χ2n) is 5.85. The van der Waals surface area contributed by atoms with E-state index >= 15 is 0 Å². The highest BCUT2D eigenvalue weighted by Crippen LogP contribution is 2.24. The summed E-state index contributed by atoms with van der Waals surface area (Å²) in [6.07, 6.45) is 0.989. The molecule has 0 aliphatic carbocycles. The molecule has 2 rings (SSSR count). The van der Waals surface area contributed by atoms with E-state index in [2.05, 4.69) is 13.8 Å². The van der Waals surface area contributed by atoms with Crippen molar-refractivity contribution < 1.29 is 19.2 Å². The van der Waals surface area contributed by atoms with E-state index < -0.39 is 29.0 Å². The minimum absolute atomic E-state index is 0.162. The largest absolute Gasteiger partial charge is 0.454 e. The number of hydrogen-bond acceptors (Lipinski definition) is 5. The molecule has 0 aliphatic rings. The number of esters is 1. The molecule has 0 N–H and O–H groups in total. The number of hydrogen-bond donors (Lipinski definition) is 0. The zero-order valence-electron chi connectivity index (χ0n) is 14.4. The molecule has 0 aromatic heterocycles. The summed E-state index contributed by atoms with van der Waals surface area (Å²) in [6.45, 7) is 3.67. The number of nitro groups is 1. The van der Waals surface area contributed by atoms with Crippen molar-refractivity contribution in [3.8, 4) is 0 Å². The number of Topliss-reactive ketones (excluding diaryl/α,β-unsaturated/α-hetero) is 1. The van der Waals surface area contributed by atoms with Gasteiger partial charge >= 0.3 is 5.97 Å². The van der Waals surface area contributed by atoms with Crippen LogP contribution in [-0.4, -0.2) is 23.3 Å². The first-order valence-corrected chi connectivity index (χ1v) is 8.45. The van der Waals surface area contributed by atoms with Crippen LogP contribution < -0.4 is 0 Å². The Labute approximate surface area is 155 Å². The van der Waals surface area contributed by atoms with Crippen LogP contribution in [0.1, 0.15) is 52.5 Å². The maximum atomic E-state index is 12.2. The minimum Gasteiger partial charge on any atom is -0.454 e. The van der Waals surface area contributed by atoms with Crippen LogP contribution in [0.5, 0.6) is 0 Å². The Morgan fingerprint density at radius 2 is 1.85 bits per heavy atom. The van der Waals surface area contributed by atoms with Gasteiger partial charge in [-0.2, -0.15) is 0 Å². The molecule has 0 saturated heterocycles. The van der Waals surface area contributed by atoms with Crippen LogP contribution in [0.15, 0.2) is 42.5 Å². The molecule has 26 heavy (non-hydrogen) atoms. The predicted molar refractivity (Wildman–Crippen MR) is 97.9 cm³/mol. The lowest BCUT2D eigenvalue weighted by Crippen LogP contribution is -2.15. The highest BCUT2D eigenvalue weighted by molar-refractivity contribution is 6.31. The van der Waals surface area contributed by atoms with E-state index in [1.165, 1.54) is 6.07 Å². The molecular weight excluding hydrogens is 358 g/mol. The molecule has 0 amide bonds. The van der Waals surface area contributed by atoms with Gasteiger partial charge in [0.2, 0.25) is 0 Å². The molecule has 0 radical (unpaired) electrons. The molecule has 0 fully saturated rings. The van der Waals surface area contributed by atoms with Crippen molar-refractivity contribution in [2.24, 2.45) is 0 Å². The molecule has 1 atom stereocenters. The fourth-order valence-electron chi connectivity index (χ4n) is 2.36. The van der Waals surface area contributed by atoms with Gasteiger partial charge in [-0.1, -0.05) is 49.7 Å². The van der Waals surface area contributed by atoms with Crippen LogP contribution in [0.3, 0.4) is 0 Å². The molecule has 6 nitrogen and oxygen atoms in total. The quantitative estimate of drug-likeness (QED) is 0.300. The molecule has 0 bridgehead atoms. The highest BCUT2D eigenvalue weighted by atomic mass is 35.5. The highest BCUT2D eigenvalue weighted by Gasteiger charge is 2.22. The molecule has 136 valence electrons. The molecule has 0 saturated carbocycles. The molecule has 0 heterocycles. The van der Waals surface area contributed by atoms with Gasteiger partial charge in [0.1, 0.15) is 5.56 Å². The number of carbonyl (C=O) groups is 2. The molecule has 0 spiro atoms. The Morgan fingerprint density at radius 1 is 1.19 bits per heavy atom. The van der Waals surface area contributed by atoms with Gasteiger partial charge in [-0.25, -0.2) is 4.79 Å². The summed E-state index contributed by atoms with van der Waals surface area (Å²) in [6, 6.07) is 10.7. The predicted octanol–water partition coefficient (Wildman–Crippen LogP) is 4.80. The number of rotatable bonds is 7. The lowest BCUT2D eigenvalue weighted by Gasteiger charge is -2.09. The third-order valence-electron chi connectivity index (χ3n) is 4.12. The second kappa shape index (κ2) is 8.58. The van der Waals surface area contributed by atoms with E-state index in [1.807, 2.05) is 12.1 Å². The van der Waals surface area contributed by atoms with Crippen LogP contribution in [0.2, 0.25) is 5.02 Å². The van der Waals surface area contributed by atoms with Gasteiger partial charge in [-0.05, 0) is 30.0 Å². The molecule has 0 aliphatic heterocycles. The van der Waals surface area contributed by atoms with Crippen molar-refractivity contribution in [3.63, 3.8) is 0 Å². The summed E-state index contributed by atoms with van der Waals surface area (Å²) in [5.41, 5.74) is 0.813. The fraction of sp³-hybridized carbons (Fsp3) is 0.263. The van der Waals surface area contributed by atoms with Gasteiger partial charge in [0.15, 0.2) is 12.4 Å². The van der Waals surface area contributed by atoms with Gasteiger partial charge in [0, 0.05) is 16.7 Å². The van der Waals surface area contributed by atoms with Crippen molar-refractivity contribution in [1.82, 2.24) is 0 Å². The number of ketones is 1. The number of benzene rings is 2. The number of nitro benzene ring substituents is 1. The molecular formula is C19H18ClNO5. The SMILES string of the molecule is CC[C@H](C)c1ccc(C(=O)COC(=O)c2cc(Cl)ccc2[N+](=O)[O-])cc1. The lowest BCUT2D eigenvalue weighted by atomic mass is 9.97. The van der Waals surface area contributed by atoms with E-state index in [-0.39, 0.29) is 10.6 Å². The summed E-state index contributed by atoms with van der Waals surface area (Å²) < 4.78 is 4.94. The van der Waals surface area contributed by atoms with E-state index in [9.17, 15) is 19.7 Å². The van der Waals surface area contributed by atoms with Crippen LogP contribution in [0, 0.1) is 10.1 Å². The number of ether oxygens (including phenoxy) is 1. The van der Waals surface area contributed by atoms with E-state index in [1.54, 1.807) is 12.1 Å². The Hall–Kier alpha value is -2.73. The first kappa shape index (κ1) is 19.6. The first-order chi connectivity index (χ1) is 12.3. The molecule has 7 heteroatoms. The fourth-order valence-corrected chi connectivity index (χ4v) is 2.53. The maximum Gasteiger partial charge on any atom is 0.345 e. The number of halogens is 1. The Bertz CT molecular complexity index is 832. The van der Waals surface area contributed by atoms with Crippen molar-refractivity contribution in [1.29, 1.82) is 0 Å². The Morgan fingerprint density at radius 3 is 2.42 bits per heavy atom. The van der Waals surface area contributed by atoms with Crippen molar-refractivity contribution in [2.45, 2.75) is 26.2 Å². The third kappa shape index (κ3) is 4.67. The summed E-state index contributed by atoms with van der Waals surface area (Å²) in [7, 11) is 0. The third-order valence-corrected chi connectivity index (χ3v) is 4.36. The monoisotopic (exact) mass is 375 g/mol. The summed E-state index contributed by atoms with van der Waals surface area (Å²) in [4.78, 5) is 34.6. The van der Waals surface area contributed by atoms with Gasteiger partial charge in [-0.15, -0.1) is 0 Å². The lowest BCUT2D eigenvalue weighted by molar-refractivity contribution is -0.385. The minimum atomic E-state index is -0.969. The maximum absolute atomic E-state index is 12.2. The number of nitrogens with zero attached hydrogens (tertiary/aromatic N) is 1. The average molecular weight is 376 g/mol.